The molecule has 8 nitrogen and oxygen atoms in total. The number of phenolic OH excluding ortho intramolecular Hbond substituents is 1. The smallest absolute Gasteiger partial charge is 0.273 e. The lowest BCUT2D eigenvalue weighted by molar-refractivity contribution is -0.149. The summed E-state index contributed by atoms with van der Waals surface area (Å²) in [5, 5.41) is 10.1. The topological polar surface area (TPSA) is 97.3 Å². The van der Waals surface area contributed by atoms with Gasteiger partial charge in [0.1, 0.15) is 17.2 Å². The Kier molecular flexibility index (Phi) is 5.51. The number of halogens is 1. The van der Waals surface area contributed by atoms with Gasteiger partial charge in [-0.15, -0.1) is 11.6 Å². The summed E-state index contributed by atoms with van der Waals surface area (Å²) in [6.07, 6.45) is 0. The first-order valence-electron chi connectivity index (χ1n) is 8.29. The number of methoxy groups -OCH3 is 3. The number of β-lactam (4-membered cyclic amide) rings is 1. The van der Waals surface area contributed by atoms with Crippen molar-refractivity contribution in [2.45, 2.75) is 11.4 Å². The van der Waals surface area contributed by atoms with Crippen LogP contribution in [0.3, 0.4) is 0 Å². The molecule has 2 atom stereocenters. The molecule has 2 aromatic rings. The number of hydrogen-bond acceptors (Lipinski definition) is 6. The number of ether oxygens (including phenoxy) is 3. The van der Waals surface area contributed by atoms with Gasteiger partial charge < -0.3 is 19.3 Å². The molecule has 2 N–H and O–H groups in total. The lowest BCUT2D eigenvalue weighted by atomic mass is 9.94. The third kappa shape index (κ3) is 3.27. The zero-order chi connectivity index (χ0) is 20.4. The van der Waals surface area contributed by atoms with E-state index in [9.17, 15) is 14.7 Å². The Labute approximate surface area is 166 Å². The van der Waals surface area contributed by atoms with Gasteiger partial charge in [-0.3, -0.25) is 15.0 Å². The molecular weight excluding hydrogens is 388 g/mol. The molecule has 1 aliphatic heterocycles. The summed E-state index contributed by atoms with van der Waals surface area (Å²) in [4.78, 5) is 24.7. The van der Waals surface area contributed by atoms with Gasteiger partial charge in [0.15, 0.2) is 11.5 Å². The minimum Gasteiger partial charge on any atom is -0.507 e. The first-order chi connectivity index (χ1) is 13.4. The van der Waals surface area contributed by atoms with Crippen molar-refractivity contribution in [1.82, 2.24) is 10.4 Å². The van der Waals surface area contributed by atoms with E-state index in [4.69, 9.17) is 25.8 Å². The molecule has 0 aliphatic carbocycles. The molecule has 0 saturated carbocycles. The number of phenols is 1. The second-order valence-electron chi connectivity index (χ2n) is 5.97. The Morgan fingerprint density at radius 2 is 1.71 bits per heavy atom. The average Bonchev–Trinajstić information content (AvgIpc) is 2.72. The summed E-state index contributed by atoms with van der Waals surface area (Å²) < 4.78 is 16.0. The summed E-state index contributed by atoms with van der Waals surface area (Å²) >= 11 is 6.22. The highest BCUT2D eigenvalue weighted by molar-refractivity contribution is 6.33. The number of nitrogens with one attached hydrogen (secondary N) is 1. The lowest BCUT2D eigenvalue weighted by Crippen LogP contribution is -2.63. The van der Waals surface area contributed by atoms with Crippen molar-refractivity contribution in [3.8, 4) is 23.0 Å². The van der Waals surface area contributed by atoms with Gasteiger partial charge in [-0.1, -0.05) is 12.1 Å². The number of carbonyl (C=O) groups excluding carboxylic acids is 2. The van der Waals surface area contributed by atoms with Gasteiger partial charge in [-0.05, 0) is 29.8 Å². The maximum absolute atomic E-state index is 12.5. The molecule has 0 aromatic heterocycles. The third-order valence-corrected chi connectivity index (χ3v) is 4.85. The lowest BCUT2D eigenvalue weighted by Gasteiger charge is -2.44. The summed E-state index contributed by atoms with van der Waals surface area (Å²) in [5.41, 5.74) is 3.12. The fourth-order valence-corrected chi connectivity index (χ4v) is 3.37. The normalized spacial score (nSPS) is 18.3. The Morgan fingerprint density at radius 3 is 2.25 bits per heavy atom. The first kappa shape index (κ1) is 19.6. The van der Waals surface area contributed by atoms with Crippen LogP contribution < -0.4 is 19.6 Å². The van der Waals surface area contributed by atoms with Crippen molar-refractivity contribution >= 4 is 23.4 Å². The van der Waals surface area contributed by atoms with Crippen LogP contribution in [-0.2, 0) is 4.79 Å². The Balaban J connectivity index is 1.92. The van der Waals surface area contributed by atoms with Gasteiger partial charge in [0.05, 0.1) is 26.9 Å². The molecule has 1 fully saturated rings. The molecular formula is C19H19ClN2O6. The zero-order valence-electron chi connectivity index (χ0n) is 15.4. The SMILES string of the molecule is COc1cc([C@@H]2[C@@H](Cl)C(=O)N2NC(=O)c2ccccc2O)cc(OC)c1OC. The van der Waals surface area contributed by atoms with Crippen molar-refractivity contribution in [3.05, 3.63) is 47.5 Å². The number of benzene rings is 2. The number of para-hydroxylation sites is 1. The number of carbonyl (C=O) groups is 2. The van der Waals surface area contributed by atoms with Crippen molar-refractivity contribution in [2.24, 2.45) is 0 Å². The molecule has 1 heterocycles. The minimum atomic E-state index is -0.882. The summed E-state index contributed by atoms with van der Waals surface area (Å²) in [6, 6.07) is 8.69. The molecule has 9 heteroatoms. The molecule has 0 spiro atoms. The third-order valence-electron chi connectivity index (χ3n) is 4.43. The highest BCUT2D eigenvalue weighted by Gasteiger charge is 2.49. The maximum Gasteiger partial charge on any atom is 0.273 e. The van der Waals surface area contributed by atoms with E-state index in [1.807, 2.05) is 0 Å². The number of amides is 2. The van der Waals surface area contributed by atoms with E-state index >= 15 is 0 Å². The number of hydrazine groups is 1. The van der Waals surface area contributed by atoms with Gasteiger partial charge in [0.2, 0.25) is 5.75 Å². The fourth-order valence-electron chi connectivity index (χ4n) is 3.00. The monoisotopic (exact) mass is 406 g/mol. The molecule has 148 valence electrons. The van der Waals surface area contributed by atoms with Crippen LogP contribution in [0.2, 0.25) is 0 Å². The highest BCUT2D eigenvalue weighted by atomic mass is 35.5. The van der Waals surface area contributed by atoms with E-state index in [0.717, 1.165) is 5.01 Å². The molecule has 28 heavy (non-hydrogen) atoms. The van der Waals surface area contributed by atoms with E-state index in [2.05, 4.69) is 5.43 Å². The van der Waals surface area contributed by atoms with Crippen molar-refractivity contribution in [2.75, 3.05) is 21.3 Å². The standard InChI is InChI=1S/C19H19ClN2O6/c1-26-13-8-10(9-14(27-2)17(13)28-3)16-15(20)19(25)22(16)21-18(24)11-6-4-5-7-12(11)23/h4-9,15-16,23H,1-3H3,(H,21,24)/t15-,16-/m1/s1. The molecule has 2 aromatic carbocycles. The number of hydrogen-bond donors (Lipinski definition) is 2. The second kappa shape index (κ2) is 7.85. The Hall–Kier alpha value is -3.13. The zero-order valence-corrected chi connectivity index (χ0v) is 16.2. The molecule has 0 unspecified atom stereocenters. The van der Waals surface area contributed by atoms with Gasteiger partial charge >= 0.3 is 0 Å². The number of rotatable bonds is 6. The molecule has 1 saturated heterocycles. The molecule has 2 amide bonds. The van der Waals surface area contributed by atoms with E-state index in [0.29, 0.717) is 22.8 Å². The highest BCUT2D eigenvalue weighted by Crippen LogP contribution is 2.45. The van der Waals surface area contributed by atoms with Crippen LogP contribution in [0, 0.1) is 0 Å². The van der Waals surface area contributed by atoms with E-state index < -0.39 is 23.2 Å². The first-order valence-corrected chi connectivity index (χ1v) is 8.72. The van der Waals surface area contributed by atoms with E-state index in [-0.39, 0.29) is 11.3 Å². The van der Waals surface area contributed by atoms with Crippen molar-refractivity contribution in [3.63, 3.8) is 0 Å². The fraction of sp³-hybridized carbons (Fsp3) is 0.263. The number of nitrogens with zero attached hydrogens (tertiary/aromatic N) is 1. The molecule has 1 aliphatic rings. The van der Waals surface area contributed by atoms with Gasteiger partial charge in [0.25, 0.3) is 11.8 Å². The summed E-state index contributed by atoms with van der Waals surface area (Å²) in [5.74, 6) is -0.106. The molecule has 0 radical (unpaired) electrons. The summed E-state index contributed by atoms with van der Waals surface area (Å²) in [6.45, 7) is 0. The van der Waals surface area contributed by atoms with Crippen molar-refractivity contribution in [1.29, 1.82) is 0 Å². The second-order valence-corrected chi connectivity index (χ2v) is 6.44. The number of aromatic hydroxyl groups is 1. The van der Waals surface area contributed by atoms with Crippen LogP contribution in [0.25, 0.3) is 0 Å². The Morgan fingerprint density at radius 1 is 1.11 bits per heavy atom. The Bertz CT molecular complexity index is 894. The van der Waals surface area contributed by atoms with Crippen LogP contribution in [0.1, 0.15) is 22.0 Å². The van der Waals surface area contributed by atoms with E-state index in [1.165, 1.54) is 33.5 Å². The summed E-state index contributed by atoms with van der Waals surface area (Å²) in [7, 11) is 4.43. The largest absolute Gasteiger partial charge is 0.507 e. The van der Waals surface area contributed by atoms with Crippen molar-refractivity contribution < 1.29 is 28.9 Å². The van der Waals surface area contributed by atoms with Crippen LogP contribution in [0.15, 0.2) is 36.4 Å². The van der Waals surface area contributed by atoms with Crippen LogP contribution in [0.5, 0.6) is 23.0 Å². The van der Waals surface area contributed by atoms with E-state index in [1.54, 1.807) is 24.3 Å². The predicted octanol–water partition coefficient (Wildman–Crippen LogP) is 2.25. The maximum atomic E-state index is 12.5. The van der Waals surface area contributed by atoms with Crippen LogP contribution in [-0.4, -0.2) is 48.6 Å². The van der Waals surface area contributed by atoms with Crippen LogP contribution in [0.4, 0.5) is 0 Å². The number of alkyl halides is 1. The van der Waals surface area contributed by atoms with Crippen LogP contribution >= 0.6 is 11.6 Å². The average molecular weight is 407 g/mol. The van der Waals surface area contributed by atoms with Gasteiger partial charge in [-0.2, -0.15) is 0 Å². The predicted molar refractivity (Wildman–Crippen MR) is 101 cm³/mol. The van der Waals surface area contributed by atoms with Gasteiger partial charge in [-0.25, -0.2) is 5.01 Å². The quantitative estimate of drug-likeness (QED) is 0.564. The minimum absolute atomic E-state index is 0.0389. The molecule has 0 bridgehead atoms. The van der Waals surface area contributed by atoms with Gasteiger partial charge in [0, 0.05) is 0 Å². The molecule has 3 rings (SSSR count).